The van der Waals surface area contributed by atoms with E-state index in [9.17, 15) is 13.2 Å². The van der Waals surface area contributed by atoms with Crippen molar-refractivity contribution in [3.63, 3.8) is 0 Å². The Kier molecular flexibility index (Phi) is 4.35. The van der Waals surface area contributed by atoms with Crippen LogP contribution in [-0.4, -0.2) is 19.9 Å². The molecule has 0 heterocycles. The van der Waals surface area contributed by atoms with Crippen LogP contribution in [-0.2, 0) is 9.84 Å². The molecule has 0 radical (unpaired) electrons. The van der Waals surface area contributed by atoms with Gasteiger partial charge >= 0.3 is 0 Å². The zero-order chi connectivity index (χ0) is 14.1. The first kappa shape index (κ1) is 14.9. The standard InChI is InChI=1S/C13H15ClO3S/c1-8(2)9(3)11-6-5-10(13(14)15)7-12(11)18(4,16)17/h5-7H,1-4H3. The first-order valence-corrected chi connectivity index (χ1v) is 7.60. The van der Waals surface area contributed by atoms with Crippen molar-refractivity contribution in [3.05, 3.63) is 34.9 Å². The molecule has 3 nitrogen and oxygen atoms in total. The smallest absolute Gasteiger partial charge is 0.252 e. The molecule has 0 aromatic heterocycles. The van der Waals surface area contributed by atoms with E-state index in [1.54, 1.807) is 6.07 Å². The van der Waals surface area contributed by atoms with Gasteiger partial charge in [0.05, 0.1) is 4.90 Å². The maximum absolute atomic E-state index is 11.8. The molecule has 1 aromatic rings. The summed E-state index contributed by atoms with van der Waals surface area (Å²) in [4.78, 5) is 11.2. The number of rotatable bonds is 3. The van der Waals surface area contributed by atoms with Gasteiger partial charge < -0.3 is 0 Å². The summed E-state index contributed by atoms with van der Waals surface area (Å²) >= 11 is 5.37. The van der Waals surface area contributed by atoms with Gasteiger partial charge in [0.25, 0.3) is 5.24 Å². The Bertz CT molecular complexity index is 624. The van der Waals surface area contributed by atoms with Gasteiger partial charge in [0.2, 0.25) is 0 Å². The summed E-state index contributed by atoms with van der Waals surface area (Å²) < 4.78 is 23.6. The lowest BCUT2D eigenvalue weighted by Gasteiger charge is -2.11. The average molecular weight is 287 g/mol. The van der Waals surface area contributed by atoms with Crippen LogP contribution in [0.1, 0.15) is 36.7 Å². The number of carbonyl (C=O) groups is 1. The van der Waals surface area contributed by atoms with Crippen LogP contribution in [0.25, 0.3) is 5.57 Å². The summed E-state index contributed by atoms with van der Waals surface area (Å²) in [5.74, 6) is 0. The van der Waals surface area contributed by atoms with Crippen molar-refractivity contribution < 1.29 is 13.2 Å². The zero-order valence-electron chi connectivity index (χ0n) is 10.7. The third kappa shape index (κ3) is 3.21. The first-order valence-electron chi connectivity index (χ1n) is 5.33. The molecular weight excluding hydrogens is 272 g/mol. The van der Waals surface area contributed by atoms with E-state index in [2.05, 4.69) is 0 Å². The second-order valence-corrected chi connectivity index (χ2v) is 6.71. The molecule has 1 rings (SSSR count). The van der Waals surface area contributed by atoms with E-state index in [0.29, 0.717) is 5.56 Å². The molecule has 5 heteroatoms. The number of hydrogen-bond donors (Lipinski definition) is 0. The fourth-order valence-electron chi connectivity index (χ4n) is 1.53. The van der Waals surface area contributed by atoms with E-state index in [0.717, 1.165) is 17.4 Å². The Morgan fingerprint density at radius 1 is 1.17 bits per heavy atom. The monoisotopic (exact) mass is 286 g/mol. The van der Waals surface area contributed by atoms with Crippen molar-refractivity contribution >= 4 is 32.3 Å². The number of allylic oxidation sites excluding steroid dienone is 2. The molecule has 0 bridgehead atoms. The van der Waals surface area contributed by atoms with Crippen LogP contribution in [0, 0.1) is 0 Å². The second kappa shape index (κ2) is 5.24. The minimum absolute atomic E-state index is 0.132. The van der Waals surface area contributed by atoms with Crippen molar-refractivity contribution in [1.29, 1.82) is 0 Å². The van der Waals surface area contributed by atoms with Gasteiger partial charge in [0, 0.05) is 11.8 Å². The van der Waals surface area contributed by atoms with Gasteiger partial charge in [-0.05, 0) is 55.6 Å². The van der Waals surface area contributed by atoms with E-state index in [-0.39, 0.29) is 10.5 Å². The summed E-state index contributed by atoms with van der Waals surface area (Å²) in [6, 6.07) is 4.48. The zero-order valence-corrected chi connectivity index (χ0v) is 12.3. The Labute approximate surface area is 112 Å². The third-order valence-corrected chi connectivity index (χ3v) is 4.12. The van der Waals surface area contributed by atoms with Gasteiger partial charge in [-0.2, -0.15) is 0 Å². The van der Waals surface area contributed by atoms with E-state index in [1.165, 1.54) is 12.1 Å². The lowest BCUT2D eigenvalue weighted by molar-refractivity contribution is 0.108. The highest BCUT2D eigenvalue weighted by atomic mass is 35.5. The van der Waals surface area contributed by atoms with Gasteiger partial charge in [-0.25, -0.2) is 8.42 Å². The van der Waals surface area contributed by atoms with Crippen LogP contribution >= 0.6 is 11.6 Å². The molecule has 0 unspecified atom stereocenters. The van der Waals surface area contributed by atoms with Crippen LogP contribution in [0.15, 0.2) is 28.7 Å². The Hall–Kier alpha value is -1.13. The van der Waals surface area contributed by atoms with Crippen LogP contribution < -0.4 is 0 Å². The predicted molar refractivity (Wildman–Crippen MR) is 73.7 cm³/mol. The van der Waals surface area contributed by atoms with Gasteiger partial charge in [0.15, 0.2) is 9.84 Å². The van der Waals surface area contributed by atoms with E-state index >= 15 is 0 Å². The molecule has 0 N–H and O–H groups in total. The van der Waals surface area contributed by atoms with Crippen molar-refractivity contribution in [2.24, 2.45) is 0 Å². The van der Waals surface area contributed by atoms with Crippen LogP contribution in [0.3, 0.4) is 0 Å². The van der Waals surface area contributed by atoms with Crippen LogP contribution in [0.2, 0.25) is 0 Å². The minimum Gasteiger partial charge on any atom is -0.276 e. The van der Waals surface area contributed by atoms with Gasteiger partial charge in [-0.15, -0.1) is 0 Å². The molecule has 0 fully saturated rings. The molecule has 98 valence electrons. The fraction of sp³-hybridized carbons (Fsp3) is 0.308. The first-order chi connectivity index (χ1) is 8.14. The number of hydrogen-bond acceptors (Lipinski definition) is 3. The summed E-state index contributed by atoms with van der Waals surface area (Å²) in [6.45, 7) is 5.66. The SMILES string of the molecule is CC(C)=C(C)c1ccc(C(=O)Cl)cc1S(C)(=O)=O. The number of halogens is 1. The van der Waals surface area contributed by atoms with Crippen molar-refractivity contribution in [3.8, 4) is 0 Å². The van der Waals surface area contributed by atoms with Gasteiger partial charge in [0.1, 0.15) is 0 Å². The quantitative estimate of drug-likeness (QED) is 0.801. The maximum atomic E-state index is 11.8. The Morgan fingerprint density at radius 3 is 2.11 bits per heavy atom. The number of carbonyl (C=O) groups excluding carboxylic acids is 1. The van der Waals surface area contributed by atoms with Crippen LogP contribution in [0.5, 0.6) is 0 Å². The number of sulfone groups is 1. The molecular formula is C13H15ClO3S. The molecule has 0 aliphatic rings. The highest BCUT2D eigenvalue weighted by Gasteiger charge is 2.17. The number of benzene rings is 1. The second-order valence-electron chi connectivity index (χ2n) is 4.38. The third-order valence-electron chi connectivity index (χ3n) is 2.76. The summed E-state index contributed by atoms with van der Waals surface area (Å²) in [5, 5.41) is -0.665. The molecule has 0 saturated carbocycles. The topological polar surface area (TPSA) is 51.2 Å². The lowest BCUT2D eigenvalue weighted by atomic mass is 10.0. The Morgan fingerprint density at radius 2 is 1.72 bits per heavy atom. The van der Waals surface area contributed by atoms with Crippen LogP contribution in [0.4, 0.5) is 0 Å². The molecule has 0 saturated heterocycles. The maximum Gasteiger partial charge on any atom is 0.252 e. The van der Waals surface area contributed by atoms with Crippen molar-refractivity contribution in [2.75, 3.05) is 6.26 Å². The average Bonchev–Trinajstić information content (AvgIpc) is 2.25. The van der Waals surface area contributed by atoms with Gasteiger partial charge in [-0.1, -0.05) is 11.6 Å². The summed E-state index contributed by atoms with van der Waals surface area (Å²) in [6.07, 6.45) is 1.12. The predicted octanol–water partition coefficient (Wildman–Crippen LogP) is 3.28. The minimum atomic E-state index is -3.41. The summed E-state index contributed by atoms with van der Waals surface area (Å²) in [5.41, 5.74) is 2.69. The van der Waals surface area contributed by atoms with E-state index in [1.807, 2.05) is 20.8 Å². The normalized spacial score (nSPS) is 11.2. The van der Waals surface area contributed by atoms with Crippen molar-refractivity contribution in [2.45, 2.75) is 25.7 Å². The Balaban J connectivity index is 3.66. The molecule has 18 heavy (non-hydrogen) atoms. The van der Waals surface area contributed by atoms with E-state index in [4.69, 9.17) is 11.6 Å². The van der Waals surface area contributed by atoms with Crippen molar-refractivity contribution in [1.82, 2.24) is 0 Å². The largest absolute Gasteiger partial charge is 0.276 e. The highest BCUT2D eigenvalue weighted by molar-refractivity contribution is 7.90. The van der Waals surface area contributed by atoms with Gasteiger partial charge in [-0.3, -0.25) is 4.79 Å². The molecule has 0 aliphatic heterocycles. The molecule has 0 spiro atoms. The molecule has 0 amide bonds. The van der Waals surface area contributed by atoms with E-state index < -0.39 is 15.1 Å². The molecule has 0 atom stereocenters. The molecule has 1 aromatic carbocycles. The summed E-state index contributed by atoms with van der Waals surface area (Å²) in [7, 11) is -3.41. The fourth-order valence-corrected chi connectivity index (χ4v) is 2.61. The molecule has 0 aliphatic carbocycles. The highest BCUT2D eigenvalue weighted by Crippen LogP contribution is 2.27. The lowest BCUT2D eigenvalue weighted by Crippen LogP contribution is -2.04.